The van der Waals surface area contributed by atoms with E-state index < -0.39 is 5.30 Å². The second-order valence-electron chi connectivity index (χ2n) is 2.29. The number of thioether (sulfide) groups is 1. The summed E-state index contributed by atoms with van der Waals surface area (Å²) in [5.41, 5.74) is 0. The lowest BCUT2D eigenvalue weighted by Gasteiger charge is -2.00. The van der Waals surface area contributed by atoms with E-state index in [-0.39, 0.29) is 0 Å². The van der Waals surface area contributed by atoms with Crippen LogP contribution >= 0.6 is 11.8 Å². The van der Waals surface area contributed by atoms with Crippen molar-refractivity contribution in [1.29, 1.82) is 0 Å². The molecule has 0 atom stereocenters. The van der Waals surface area contributed by atoms with E-state index in [0.717, 1.165) is 24.6 Å². The summed E-state index contributed by atoms with van der Waals surface area (Å²) >= 11 is 1.08. The Balaban J connectivity index is 2.19. The lowest BCUT2D eigenvalue weighted by molar-refractivity contribution is 0.222. The Morgan fingerprint density at radius 3 is 2.44 bits per heavy atom. The van der Waals surface area contributed by atoms with Crippen molar-refractivity contribution in [3.05, 3.63) is 0 Å². The van der Waals surface area contributed by atoms with Gasteiger partial charge in [0.05, 0.1) is 0 Å². The minimum Gasteiger partial charge on any atom is -0.473 e. The summed E-state index contributed by atoms with van der Waals surface area (Å²) in [6.07, 6.45) is 4.61. The van der Waals surface area contributed by atoms with Gasteiger partial charge in [0.2, 0.25) is 0 Å². The monoisotopic (exact) mass is 146 g/mol. The molecule has 0 bridgehead atoms. The third-order valence-electron chi connectivity index (χ3n) is 1.57. The maximum absolute atomic E-state index is 10.1. The van der Waals surface area contributed by atoms with Gasteiger partial charge in [-0.05, 0) is 24.6 Å². The largest absolute Gasteiger partial charge is 0.473 e. The fraction of sp³-hybridized carbons (Fsp3) is 0.833. The molecule has 0 spiro atoms. The van der Waals surface area contributed by atoms with Crippen LogP contribution in [0, 0.1) is 0 Å². The molecule has 0 aromatic carbocycles. The predicted octanol–water partition coefficient (Wildman–Crippen LogP) is 2.34. The SMILES string of the molecule is O=C(O)SC1CCCC1. The first-order valence-electron chi connectivity index (χ1n) is 3.18. The van der Waals surface area contributed by atoms with Crippen molar-refractivity contribution in [3.63, 3.8) is 0 Å². The Kier molecular flexibility index (Phi) is 2.39. The van der Waals surface area contributed by atoms with E-state index in [1.165, 1.54) is 12.8 Å². The Morgan fingerprint density at radius 2 is 2.00 bits per heavy atom. The van der Waals surface area contributed by atoms with Crippen LogP contribution in [-0.4, -0.2) is 15.7 Å². The van der Waals surface area contributed by atoms with Crippen LogP contribution in [0.3, 0.4) is 0 Å². The van der Waals surface area contributed by atoms with Crippen molar-refractivity contribution in [2.45, 2.75) is 30.9 Å². The molecule has 0 saturated heterocycles. The molecule has 0 aliphatic heterocycles. The van der Waals surface area contributed by atoms with Gasteiger partial charge < -0.3 is 5.11 Å². The van der Waals surface area contributed by atoms with Crippen LogP contribution in [0.1, 0.15) is 25.7 Å². The molecule has 1 saturated carbocycles. The van der Waals surface area contributed by atoms with Crippen LogP contribution in [0.2, 0.25) is 0 Å². The average molecular weight is 146 g/mol. The quantitative estimate of drug-likeness (QED) is 0.617. The van der Waals surface area contributed by atoms with Gasteiger partial charge in [-0.2, -0.15) is 0 Å². The number of carboxylic acid groups (broad SMARTS) is 1. The smallest absolute Gasteiger partial charge is 0.365 e. The third-order valence-corrected chi connectivity index (χ3v) is 2.58. The molecule has 0 aromatic heterocycles. The molecule has 0 aromatic rings. The van der Waals surface area contributed by atoms with Gasteiger partial charge >= 0.3 is 5.30 Å². The second kappa shape index (κ2) is 3.11. The molecule has 1 rings (SSSR count). The van der Waals surface area contributed by atoms with E-state index in [0.29, 0.717) is 5.25 Å². The van der Waals surface area contributed by atoms with E-state index in [1.54, 1.807) is 0 Å². The fourth-order valence-corrected chi connectivity index (χ4v) is 2.00. The highest BCUT2D eigenvalue weighted by Gasteiger charge is 2.17. The van der Waals surface area contributed by atoms with Crippen LogP contribution in [0.25, 0.3) is 0 Å². The average Bonchev–Trinajstić information content (AvgIpc) is 2.15. The van der Waals surface area contributed by atoms with Gasteiger partial charge in [-0.15, -0.1) is 0 Å². The van der Waals surface area contributed by atoms with E-state index >= 15 is 0 Å². The molecule has 0 amide bonds. The Morgan fingerprint density at radius 1 is 1.44 bits per heavy atom. The zero-order valence-corrected chi connectivity index (χ0v) is 5.99. The molecule has 0 heterocycles. The summed E-state index contributed by atoms with van der Waals surface area (Å²) in [6, 6.07) is 0. The van der Waals surface area contributed by atoms with E-state index in [2.05, 4.69) is 0 Å². The van der Waals surface area contributed by atoms with Crippen LogP contribution < -0.4 is 0 Å². The standard InChI is InChI=1S/C6H10O2S/c7-6(8)9-5-3-1-2-4-5/h5H,1-4H2,(H,7,8). The number of hydrogen-bond donors (Lipinski definition) is 1. The molecule has 52 valence electrons. The molecular formula is C6H10O2S. The van der Waals surface area contributed by atoms with E-state index in [1.807, 2.05) is 0 Å². The first-order valence-corrected chi connectivity index (χ1v) is 4.06. The maximum Gasteiger partial charge on any atom is 0.365 e. The van der Waals surface area contributed by atoms with E-state index in [9.17, 15) is 4.79 Å². The summed E-state index contributed by atoms with van der Waals surface area (Å²) in [4.78, 5) is 10.1. The zero-order valence-electron chi connectivity index (χ0n) is 5.17. The normalized spacial score (nSPS) is 20.4. The number of carbonyl (C=O) groups is 1. The molecule has 1 aliphatic carbocycles. The predicted molar refractivity (Wildman–Crippen MR) is 37.9 cm³/mol. The van der Waals surface area contributed by atoms with E-state index in [4.69, 9.17) is 5.11 Å². The fourth-order valence-electron chi connectivity index (χ4n) is 1.15. The Labute approximate surface area is 58.6 Å². The summed E-state index contributed by atoms with van der Waals surface area (Å²) in [5.74, 6) is 0. The number of rotatable bonds is 1. The van der Waals surface area contributed by atoms with Gasteiger partial charge in [-0.3, -0.25) is 0 Å². The van der Waals surface area contributed by atoms with Crippen molar-refractivity contribution >= 4 is 17.1 Å². The van der Waals surface area contributed by atoms with Crippen LogP contribution in [0.4, 0.5) is 4.79 Å². The van der Waals surface area contributed by atoms with Crippen molar-refractivity contribution in [2.24, 2.45) is 0 Å². The maximum atomic E-state index is 10.1. The topological polar surface area (TPSA) is 37.3 Å². The Bertz CT molecular complexity index is 108. The lowest BCUT2D eigenvalue weighted by atomic mass is 10.4. The van der Waals surface area contributed by atoms with Gasteiger partial charge in [0, 0.05) is 5.25 Å². The van der Waals surface area contributed by atoms with Crippen molar-refractivity contribution in [1.82, 2.24) is 0 Å². The molecule has 0 radical (unpaired) electrons. The second-order valence-corrected chi connectivity index (χ2v) is 3.54. The minimum absolute atomic E-state index is 0.405. The highest BCUT2D eigenvalue weighted by Crippen LogP contribution is 2.29. The molecule has 1 aliphatic rings. The van der Waals surface area contributed by atoms with Gasteiger partial charge in [0.15, 0.2) is 0 Å². The van der Waals surface area contributed by atoms with Gasteiger partial charge in [-0.1, -0.05) is 12.8 Å². The molecule has 9 heavy (non-hydrogen) atoms. The highest BCUT2D eigenvalue weighted by atomic mass is 32.2. The van der Waals surface area contributed by atoms with Gasteiger partial charge in [0.1, 0.15) is 0 Å². The van der Waals surface area contributed by atoms with Crippen LogP contribution in [-0.2, 0) is 0 Å². The third kappa shape index (κ3) is 2.26. The minimum atomic E-state index is -0.720. The lowest BCUT2D eigenvalue weighted by Crippen LogP contribution is -1.98. The molecular weight excluding hydrogens is 136 g/mol. The molecule has 1 fully saturated rings. The van der Waals surface area contributed by atoms with Crippen molar-refractivity contribution in [2.75, 3.05) is 0 Å². The first-order chi connectivity index (χ1) is 4.29. The highest BCUT2D eigenvalue weighted by molar-refractivity contribution is 8.13. The van der Waals surface area contributed by atoms with Crippen LogP contribution in [0.5, 0.6) is 0 Å². The summed E-state index contributed by atoms with van der Waals surface area (Å²) < 4.78 is 0. The molecule has 0 unspecified atom stereocenters. The van der Waals surface area contributed by atoms with Gasteiger partial charge in [-0.25, -0.2) is 4.79 Å². The molecule has 1 N–H and O–H groups in total. The molecule has 2 nitrogen and oxygen atoms in total. The van der Waals surface area contributed by atoms with Crippen molar-refractivity contribution in [3.8, 4) is 0 Å². The van der Waals surface area contributed by atoms with Gasteiger partial charge in [0.25, 0.3) is 0 Å². The van der Waals surface area contributed by atoms with Crippen LogP contribution in [0.15, 0.2) is 0 Å². The zero-order chi connectivity index (χ0) is 6.69. The Hall–Kier alpha value is -0.180. The summed E-state index contributed by atoms with van der Waals surface area (Å²) in [5, 5.41) is 8.02. The summed E-state index contributed by atoms with van der Waals surface area (Å²) in [6.45, 7) is 0. The summed E-state index contributed by atoms with van der Waals surface area (Å²) in [7, 11) is 0. The molecule has 3 heteroatoms. The number of hydrogen-bond acceptors (Lipinski definition) is 2. The first kappa shape index (κ1) is 6.93. The van der Waals surface area contributed by atoms with Crippen molar-refractivity contribution < 1.29 is 9.90 Å².